The SMILES string of the molecule is CNc1cc(C(=O)NCCN2CCCCC2)cc(Cl)n1. The number of hydrogen-bond donors (Lipinski definition) is 2. The first kappa shape index (κ1) is 15.1. The number of amides is 1. The largest absolute Gasteiger partial charge is 0.373 e. The molecule has 0 aromatic carbocycles. The van der Waals surface area contributed by atoms with Crippen LogP contribution in [0.3, 0.4) is 0 Å². The Morgan fingerprint density at radius 3 is 2.80 bits per heavy atom. The Kier molecular flexibility index (Phi) is 5.61. The zero-order chi connectivity index (χ0) is 14.4. The molecule has 1 aromatic rings. The summed E-state index contributed by atoms with van der Waals surface area (Å²) in [5.74, 6) is 0.487. The molecule has 1 aliphatic heterocycles. The molecular weight excluding hydrogens is 276 g/mol. The second-order valence-corrected chi connectivity index (χ2v) is 5.36. The number of piperidine rings is 1. The fourth-order valence-electron chi connectivity index (χ4n) is 2.37. The van der Waals surface area contributed by atoms with Gasteiger partial charge in [0, 0.05) is 25.7 Å². The number of anilines is 1. The maximum atomic E-state index is 12.1. The Morgan fingerprint density at radius 1 is 1.35 bits per heavy atom. The van der Waals surface area contributed by atoms with Crippen molar-refractivity contribution < 1.29 is 4.79 Å². The molecule has 2 heterocycles. The Hall–Kier alpha value is -1.33. The number of nitrogens with zero attached hydrogens (tertiary/aromatic N) is 2. The van der Waals surface area contributed by atoms with Crippen LogP contribution in [0.4, 0.5) is 5.82 Å². The van der Waals surface area contributed by atoms with Crippen LogP contribution >= 0.6 is 11.6 Å². The van der Waals surface area contributed by atoms with E-state index in [1.54, 1.807) is 19.2 Å². The van der Waals surface area contributed by atoms with E-state index in [9.17, 15) is 4.79 Å². The van der Waals surface area contributed by atoms with Gasteiger partial charge in [0.15, 0.2) is 0 Å². The normalized spacial score (nSPS) is 15.9. The van der Waals surface area contributed by atoms with E-state index in [1.165, 1.54) is 19.3 Å². The van der Waals surface area contributed by atoms with Crippen LogP contribution in [0.1, 0.15) is 29.6 Å². The summed E-state index contributed by atoms with van der Waals surface area (Å²) in [6, 6.07) is 3.28. The van der Waals surface area contributed by atoms with Crippen molar-refractivity contribution in [2.24, 2.45) is 0 Å². The van der Waals surface area contributed by atoms with Gasteiger partial charge in [0.2, 0.25) is 0 Å². The summed E-state index contributed by atoms with van der Waals surface area (Å²) >= 11 is 5.89. The van der Waals surface area contributed by atoms with Crippen LogP contribution in [0, 0.1) is 0 Å². The fraction of sp³-hybridized carbons (Fsp3) is 0.571. The Bertz CT molecular complexity index is 460. The number of carbonyl (C=O) groups excluding carboxylic acids is 1. The first-order valence-electron chi connectivity index (χ1n) is 7.05. The molecule has 1 aromatic heterocycles. The lowest BCUT2D eigenvalue weighted by Crippen LogP contribution is -2.37. The highest BCUT2D eigenvalue weighted by atomic mass is 35.5. The number of pyridine rings is 1. The quantitative estimate of drug-likeness (QED) is 0.816. The first-order chi connectivity index (χ1) is 9.69. The fourth-order valence-corrected chi connectivity index (χ4v) is 2.58. The van der Waals surface area contributed by atoms with Gasteiger partial charge in [-0.15, -0.1) is 0 Å². The van der Waals surface area contributed by atoms with Crippen molar-refractivity contribution in [1.82, 2.24) is 15.2 Å². The van der Waals surface area contributed by atoms with Gasteiger partial charge in [-0.05, 0) is 38.1 Å². The van der Waals surface area contributed by atoms with E-state index in [0.717, 1.165) is 19.6 Å². The Balaban J connectivity index is 1.83. The molecule has 0 bridgehead atoms. The zero-order valence-corrected chi connectivity index (χ0v) is 12.5. The van der Waals surface area contributed by atoms with E-state index >= 15 is 0 Å². The summed E-state index contributed by atoms with van der Waals surface area (Å²) in [7, 11) is 1.75. The summed E-state index contributed by atoms with van der Waals surface area (Å²) in [6.07, 6.45) is 3.85. The molecule has 1 saturated heterocycles. The maximum absolute atomic E-state index is 12.1. The van der Waals surface area contributed by atoms with E-state index in [1.807, 2.05) is 0 Å². The minimum Gasteiger partial charge on any atom is -0.373 e. The van der Waals surface area contributed by atoms with Crippen LogP contribution in [-0.4, -0.2) is 49.0 Å². The molecule has 0 unspecified atom stereocenters. The van der Waals surface area contributed by atoms with E-state index in [-0.39, 0.29) is 5.91 Å². The molecule has 110 valence electrons. The van der Waals surface area contributed by atoms with Crippen molar-refractivity contribution in [1.29, 1.82) is 0 Å². The molecule has 0 radical (unpaired) electrons. The van der Waals surface area contributed by atoms with Crippen LogP contribution in [0.2, 0.25) is 5.15 Å². The van der Waals surface area contributed by atoms with Gasteiger partial charge >= 0.3 is 0 Å². The minimum absolute atomic E-state index is 0.109. The van der Waals surface area contributed by atoms with Crippen molar-refractivity contribution in [3.05, 3.63) is 22.8 Å². The molecular formula is C14H21ClN4O. The van der Waals surface area contributed by atoms with Crippen molar-refractivity contribution in [3.63, 3.8) is 0 Å². The van der Waals surface area contributed by atoms with Crippen molar-refractivity contribution in [2.45, 2.75) is 19.3 Å². The molecule has 0 aliphatic carbocycles. The number of nitrogens with one attached hydrogen (secondary N) is 2. The second-order valence-electron chi connectivity index (χ2n) is 4.97. The number of aromatic nitrogens is 1. The number of likely N-dealkylation sites (tertiary alicyclic amines) is 1. The van der Waals surface area contributed by atoms with Gasteiger partial charge in [0.05, 0.1) is 0 Å². The molecule has 0 spiro atoms. The van der Waals surface area contributed by atoms with E-state index in [0.29, 0.717) is 23.1 Å². The molecule has 6 heteroatoms. The van der Waals surface area contributed by atoms with Gasteiger partial charge in [-0.2, -0.15) is 0 Å². The highest BCUT2D eigenvalue weighted by molar-refractivity contribution is 6.29. The summed E-state index contributed by atoms with van der Waals surface area (Å²) in [4.78, 5) is 18.5. The molecule has 1 fully saturated rings. The van der Waals surface area contributed by atoms with Crippen molar-refractivity contribution in [2.75, 3.05) is 38.5 Å². The molecule has 0 saturated carbocycles. The van der Waals surface area contributed by atoms with Crippen molar-refractivity contribution >= 4 is 23.3 Å². The molecule has 1 aliphatic rings. The third-order valence-electron chi connectivity index (χ3n) is 3.47. The summed E-state index contributed by atoms with van der Waals surface area (Å²) < 4.78 is 0. The molecule has 20 heavy (non-hydrogen) atoms. The Labute approximate surface area is 124 Å². The molecule has 5 nitrogen and oxygen atoms in total. The van der Waals surface area contributed by atoms with E-state index in [4.69, 9.17) is 11.6 Å². The predicted octanol–water partition coefficient (Wildman–Crippen LogP) is 1.99. The summed E-state index contributed by atoms with van der Waals surface area (Å²) in [5.41, 5.74) is 0.535. The van der Waals surface area contributed by atoms with Gasteiger partial charge in [-0.25, -0.2) is 4.98 Å². The third kappa shape index (κ3) is 4.35. The van der Waals surface area contributed by atoms with Crippen LogP contribution in [0.15, 0.2) is 12.1 Å². The molecule has 0 atom stereocenters. The Morgan fingerprint density at radius 2 is 2.10 bits per heavy atom. The van der Waals surface area contributed by atoms with Gasteiger partial charge < -0.3 is 15.5 Å². The number of carbonyl (C=O) groups is 1. The maximum Gasteiger partial charge on any atom is 0.251 e. The van der Waals surface area contributed by atoms with Crippen LogP contribution < -0.4 is 10.6 Å². The standard InChI is InChI=1S/C14H21ClN4O/c1-16-13-10-11(9-12(15)18-13)14(20)17-5-8-19-6-3-2-4-7-19/h9-10H,2-8H2,1H3,(H,16,18)(H,17,20). The van der Waals surface area contributed by atoms with E-state index in [2.05, 4.69) is 20.5 Å². The first-order valence-corrected chi connectivity index (χ1v) is 7.43. The van der Waals surface area contributed by atoms with Gasteiger partial charge in [0.25, 0.3) is 5.91 Å². The number of hydrogen-bond acceptors (Lipinski definition) is 4. The zero-order valence-electron chi connectivity index (χ0n) is 11.8. The van der Waals surface area contributed by atoms with Crippen molar-refractivity contribution in [3.8, 4) is 0 Å². The summed E-state index contributed by atoms with van der Waals surface area (Å²) in [5, 5.41) is 6.13. The highest BCUT2D eigenvalue weighted by Crippen LogP contribution is 2.14. The van der Waals surface area contributed by atoms with Crippen LogP contribution in [0.25, 0.3) is 0 Å². The summed E-state index contributed by atoms with van der Waals surface area (Å²) in [6.45, 7) is 3.85. The van der Waals surface area contributed by atoms with Gasteiger partial charge in [0.1, 0.15) is 11.0 Å². The lowest BCUT2D eigenvalue weighted by Gasteiger charge is -2.26. The molecule has 2 N–H and O–H groups in total. The van der Waals surface area contributed by atoms with Gasteiger partial charge in [-0.3, -0.25) is 4.79 Å². The average molecular weight is 297 g/mol. The van der Waals surface area contributed by atoms with E-state index < -0.39 is 0 Å². The number of rotatable bonds is 5. The third-order valence-corrected chi connectivity index (χ3v) is 3.67. The highest BCUT2D eigenvalue weighted by Gasteiger charge is 2.11. The molecule has 1 amide bonds. The van der Waals surface area contributed by atoms with Crippen LogP contribution in [-0.2, 0) is 0 Å². The lowest BCUT2D eigenvalue weighted by molar-refractivity contribution is 0.0946. The topological polar surface area (TPSA) is 57.3 Å². The monoisotopic (exact) mass is 296 g/mol. The minimum atomic E-state index is -0.109. The second kappa shape index (κ2) is 7.45. The lowest BCUT2D eigenvalue weighted by atomic mass is 10.1. The predicted molar refractivity (Wildman–Crippen MR) is 81.4 cm³/mol. The van der Waals surface area contributed by atoms with Crippen LogP contribution in [0.5, 0.6) is 0 Å². The smallest absolute Gasteiger partial charge is 0.251 e. The van der Waals surface area contributed by atoms with Gasteiger partial charge in [-0.1, -0.05) is 18.0 Å². The molecule has 2 rings (SSSR count). The average Bonchev–Trinajstić information content (AvgIpc) is 2.47. The number of halogens is 1.